The Bertz CT molecular complexity index is 917. The molecule has 0 spiro atoms. The Morgan fingerprint density at radius 2 is 1.62 bits per heavy atom. The van der Waals surface area contributed by atoms with E-state index in [0.29, 0.717) is 45.6 Å². The molecule has 1 unspecified atom stereocenters. The van der Waals surface area contributed by atoms with Crippen molar-refractivity contribution in [2.24, 2.45) is 0 Å². The van der Waals surface area contributed by atoms with Gasteiger partial charge in [-0.1, -0.05) is 42.7 Å². The number of piperazine rings is 1. The number of benzene rings is 1. The maximum absolute atomic E-state index is 13.3. The first-order valence-electron chi connectivity index (χ1n) is 11.9. The van der Waals surface area contributed by atoms with Gasteiger partial charge in [0.15, 0.2) is 9.84 Å². The van der Waals surface area contributed by atoms with Gasteiger partial charge in [0.25, 0.3) is 0 Å². The van der Waals surface area contributed by atoms with E-state index in [0.717, 1.165) is 31.2 Å². The SMILES string of the molecule is Cc1ccc(CC(=O)N2CCN(CC(=O)N(C3CCCC3)C3CCS(=O)(=O)C3)CC2)cc1. The Balaban J connectivity index is 1.30. The lowest BCUT2D eigenvalue weighted by atomic mass is 10.1. The second kappa shape index (κ2) is 9.91. The summed E-state index contributed by atoms with van der Waals surface area (Å²) in [5.74, 6) is 0.480. The van der Waals surface area contributed by atoms with E-state index in [4.69, 9.17) is 0 Å². The number of hydrogen-bond acceptors (Lipinski definition) is 5. The summed E-state index contributed by atoms with van der Waals surface area (Å²) in [5, 5.41) is 0. The van der Waals surface area contributed by atoms with Crippen molar-refractivity contribution in [3.05, 3.63) is 35.4 Å². The van der Waals surface area contributed by atoms with Crippen LogP contribution in [0.3, 0.4) is 0 Å². The van der Waals surface area contributed by atoms with Crippen molar-refractivity contribution < 1.29 is 18.0 Å². The van der Waals surface area contributed by atoms with E-state index in [1.807, 2.05) is 41.0 Å². The maximum Gasteiger partial charge on any atom is 0.237 e. The molecule has 1 saturated carbocycles. The minimum atomic E-state index is -3.03. The molecule has 1 aromatic carbocycles. The summed E-state index contributed by atoms with van der Waals surface area (Å²) in [7, 11) is -3.03. The minimum absolute atomic E-state index is 0.0541. The molecule has 2 saturated heterocycles. The van der Waals surface area contributed by atoms with Crippen LogP contribution in [0.15, 0.2) is 24.3 Å². The molecule has 1 atom stereocenters. The zero-order valence-electron chi connectivity index (χ0n) is 19.0. The molecule has 7 nitrogen and oxygen atoms in total. The minimum Gasteiger partial charge on any atom is -0.340 e. The third-order valence-corrected chi connectivity index (χ3v) is 8.92. The van der Waals surface area contributed by atoms with E-state index in [-0.39, 0.29) is 35.4 Å². The topological polar surface area (TPSA) is 78.0 Å². The Hall–Kier alpha value is -1.93. The Morgan fingerprint density at radius 3 is 2.22 bits per heavy atom. The fraction of sp³-hybridized carbons (Fsp3) is 0.667. The lowest BCUT2D eigenvalue weighted by molar-refractivity contribution is -0.138. The van der Waals surface area contributed by atoms with Crippen LogP contribution in [0.1, 0.15) is 43.2 Å². The first kappa shape index (κ1) is 23.2. The molecule has 1 aliphatic carbocycles. The van der Waals surface area contributed by atoms with Crippen LogP contribution >= 0.6 is 0 Å². The lowest BCUT2D eigenvalue weighted by Crippen LogP contribution is -2.54. The molecule has 3 fully saturated rings. The predicted molar refractivity (Wildman–Crippen MR) is 124 cm³/mol. The van der Waals surface area contributed by atoms with Gasteiger partial charge in [0.2, 0.25) is 11.8 Å². The Kier molecular flexibility index (Phi) is 7.20. The van der Waals surface area contributed by atoms with Gasteiger partial charge in [0.05, 0.1) is 24.5 Å². The number of sulfone groups is 1. The van der Waals surface area contributed by atoms with Gasteiger partial charge in [-0.05, 0) is 31.7 Å². The van der Waals surface area contributed by atoms with E-state index in [1.54, 1.807) is 0 Å². The second-order valence-corrected chi connectivity index (χ2v) is 11.8. The number of amides is 2. The van der Waals surface area contributed by atoms with E-state index in [2.05, 4.69) is 4.90 Å². The highest BCUT2D eigenvalue weighted by atomic mass is 32.2. The number of hydrogen-bond donors (Lipinski definition) is 0. The highest BCUT2D eigenvalue weighted by molar-refractivity contribution is 7.91. The van der Waals surface area contributed by atoms with Crippen LogP contribution in [0.2, 0.25) is 0 Å². The molecule has 2 amide bonds. The maximum atomic E-state index is 13.3. The summed E-state index contributed by atoms with van der Waals surface area (Å²) in [6.45, 7) is 4.94. The summed E-state index contributed by atoms with van der Waals surface area (Å²) in [6.07, 6.45) is 5.13. The molecule has 8 heteroatoms. The first-order chi connectivity index (χ1) is 15.3. The standard InChI is InChI=1S/C24H35N3O4S/c1-19-6-8-20(9-7-19)16-23(28)26-13-11-25(12-14-26)17-24(29)27(21-4-2-3-5-21)22-10-15-32(30,31)18-22/h6-9,21-22H,2-5,10-18H2,1H3. The summed E-state index contributed by atoms with van der Waals surface area (Å²) < 4.78 is 24.1. The van der Waals surface area contributed by atoms with E-state index in [9.17, 15) is 18.0 Å². The van der Waals surface area contributed by atoms with Crippen LogP contribution in [0, 0.1) is 6.92 Å². The Labute approximate surface area is 191 Å². The third-order valence-electron chi connectivity index (χ3n) is 7.17. The van der Waals surface area contributed by atoms with Crippen LogP contribution < -0.4 is 0 Å². The lowest BCUT2D eigenvalue weighted by Gasteiger charge is -2.38. The molecule has 0 radical (unpaired) electrons. The van der Waals surface area contributed by atoms with Gasteiger partial charge in [-0.15, -0.1) is 0 Å². The molecular weight excluding hydrogens is 426 g/mol. The zero-order chi connectivity index (χ0) is 22.7. The largest absolute Gasteiger partial charge is 0.340 e. The van der Waals surface area contributed by atoms with Gasteiger partial charge in [-0.25, -0.2) is 8.42 Å². The van der Waals surface area contributed by atoms with Crippen molar-refractivity contribution >= 4 is 21.7 Å². The monoisotopic (exact) mass is 461 g/mol. The van der Waals surface area contributed by atoms with E-state index < -0.39 is 9.84 Å². The van der Waals surface area contributed by atoms with Gasteiger partial charge >= 0.3 is 0 Å². The Morgan fingerprint density at radius 1 is 0.969 bits per heavy atom. The third kappa shape index (κ3) is 5.70. The predicted octanol–water partition coefficient (Wildman–Crippen LogP) is 1.64. The van der Waals surface area contributed by atoms with Gasteiger partial charge in [0, 0.05) is 38.3 Å². The number of rotatable bonds is 6. The molecule has 32 heavy (non-hydrogen) atoms. The first-order valence-corrected chi connectivity index (χ1v) is 13.7. The number of nitrogens with zero attached hydrogens (tertiary/aromatic N) is 3. The van der Waals surface area contributed by atoms with Crippen molar-refractivity contribution in [1.82, 2.24) is 14.7 Å². The highest BCUT2D eigenvalue weighted by Crippen LogP contribution is 2.29. The smallest absolute Gasteiger partial charge is 0.237 e. The van der Waals surface area contributed by atoms with Crippen molar-refractivity contribution in [3.63, 3.8) is 0 Å². The number of carbonyl (C=O) groups is 2. The quantitative estimate of drug-likeness (QED) is 0.644. The second-order valence-electron chi connectivity index (χ2n) is 9.62. The van der Waals surface area contributed by atoms with Crippen molar-refractivity contribution in [2.75, 3.05) is 44.2 Å². The molecular formula is C24H35N3O4S. The molecule has 176 valence electrons. The molecule has 0 bridgehead atoms. The summed E-state index contributed by atoms with van der Waals surface area (Å²) in [5.41, 5.74) is 2.21. The summed E-state index contributed by atoms with van der Waals surface area (Å²) in [6, 6.07) is 8.06. The molecule has 2 aliphatic heterocycles. The number of aryl methyl sites for hydroxylation is 1. The van der Waals surface area contributed by atoms with Gasteiger partial charge in [-0.3, -0.25) is 14.5 Å². The zero-order valence-corrected chi connectivity index (χ0v) is 19.9. The number of carbonyl (C=O) groups excluding carboxylic acids is 2. The van der Waals surface area contributed by atoms with Crippen LogP contribution in [0.5, 0.6) is 0 Å². The fourth-order valence-corrected chi connectivity index (χ4v) is 7.01. The normalized spacial score (nSPS) is 24.0. The molecule has 0 aromatic heterocycles. The van der Waals surface area contributed by atoms with Crippen molar-refractivity contribution in [2.45, 2.75) is 57.5 Å². The highest BCUT2D eigenvalue weighted by Gasteiger charge is 2.39. The molecule has 1 aromatic rings. The van der Waals surface area contributed by atoms with Gasteiger partial charge < -0.3 is 9.80 Å². The molecule has 2 heterocycles. The molecule has 3 aliphatic rings. The van der Waals surface area contributed by atoms with Gasteiger partial charge in [0.1, 0.15) is 0 Å². The molecule has 0 N–H and O–H groups in total. The van der Waals surface area contributed by atoms with E-state index in [1.165, 1.54) is 5.56 Å². The van der Waals surface area contributed by atoms with Gasteiger partial charge in [-0.2, -0.15) is 0 Å². The van der Waals surface area contributed by atoms with Crippen LogP contribution in [-0.4, -0.2) is 91.2 Å². The van der Waals surface area contributed by atoms with Crippen molar-refractivity contribution in [3.8, 4) is 0 Å². The summed E-state index contributed by atoms with van der Waals surface area (Å²) in [4.78, 5) is 31.9. The average molecular weight is 462 g/mol. The van der Waals surface area contributed by atoms with Crippen molar-refractivity contribution in [1.29, 1.82) is 0 Å². The van der Waals surface area contributed by atoms with Crippen LogP contribution in [0.4, 0.5) is 0 Å². The fourth-order valence-electron chi connectivity index (χ4n) is 5.30. The van der Waals surface area contributed by atoms with Crippen LogP contribution in [-0.2, 0) is 25.8 Å². The van der Waals surface area contributed by atoms with E-state index >= 15 is 0 Å². The summed E-state index contributed by atoms with van der Waals surface area (Å²) >= 11 is 0. The molecule has 4 rings (SSSR count). The average Bonchev–Trinajstić information content (AvgIpc) is 3.40. The van der Waals surface area contributed by atoms with Crippen LogP contribution in [0.25, 0.3) is 0 Å².